The van der Waals surface area contributed by atoms with Crippen molar-refractivity contribution in [1.29, 1.82) is 0 Å². The second-order valence-electron chi connectivity index (χ2n) is 8.72. The van der Waals surface area contributed by atoms with Gasteiger partial charge in [0.15, 0.2) is 0 Å². The van der Waals surface area contributed by atoms with Crippen molar-refractivity contribution >= 4 is 33.8 Å². The third kappa shape index (κ3) is 3.16. The molecule has 0 atom stereocenters. The zero-order chi connectivity index (χ0) is 22.5. The van der Waals surface area contributed by atoms with E-state index in [0.29, 0.717) is 18.8 Å². The summed E-state index contributed by atoms with van der Waals surface area (Å²) in [5.41, 5.74) is 1.95. The summed E-state index contributed by atoms with van der Waals surface area (Å²) in [5.74, 6) is 0.391. The lowest BCUT2D eigenvalue weighted by molar-refractivity contribution is -0.133. The largest absolute Gasteiger partial charge is 0.456 e. The van der Waals surface area contributed by atoms with E-state index >= 15 is 0 Å². The predicted molar refractivity (Wildman–Crippen MR) is 123 cm³/mol. The molecule has 1 saturated heterocycles. The molecule has 4 aromatic rings. The summed E-state index contributed by atoms with van der Waals surface area (Å²) in [6.07, 6.45) is 2.98. The molecule has 5 rings (SSSR count). The molecule has 7 nitrogen and oxygen atoms in total. The second kappa shape index (κ2) is 7.51. The lowest BCUT2D eigenvalue weighted by Gasteiger charge is -2.40. The van der Waals surface area contributed by atoms with Crippen LogP contribution < -0.4 is 5.32 Å². The van der Waals surface area contributed by atoms with Crippen molar-refractivity contribution in [3.05, 3.63) is 54.4 Å². The third-order valence-corrected chi connectivity index (χ3v) is 6.19. The number of furan rings is 1. The molecule has 7 heteroatoms. The molecule has 0 saturated carbocycles. The summed E-state index contributed by atoms with van der Waals surface area (Å²) in [4.78, 5) is 32.0. The molecule has 164 valence electrons. The number of amides is 2. The average molecular weight is 431 g/mol. The molecule has 0 unspecified atom stereocenters. The highest BCUT2D eigenvalue weighted by atomic mass is 16.3. The Balaban J connectivity index is 1.60. The lowest BCUT2D eigenvalue weighted by atomic mass is 9.98. The normalized spacial score (nSPS) is 16.0. The van der Waals surface area contributed by atoms with E-state index in [2.05, 4.69) is 16.8 Å². The fourth-order valence-corrected chi connectivity index (χ4v) is 4.40. The minimum Gasteiger partial charge on any atom is -0.456 e. The molecule has 2 amide bonds. The van der Waals surface area contributed by atoms with Crippen molar-refractivity contribution in [2.24, 2.45) is 0 Å². The average Bonchev–Trinajstić information content (AvgIpc) is 3.36. The Bertz CT molecular complexity index is 1310. The van der Waals surface area contributed by atoms with Crippen molar-refractivity contribution in [3.63, 3.8) is 0 Å². The van der Waals surface area contributed by atoms with Gasteiger partial charge < -0.3 is 19.2 Å². The number of benzene rings is 1. The fraction of sp³-hybridized carbons (Fsp3) is 0.320. The molecule has 1 aliphatic heterocycles. The SMILES string of the molecule is CCCn1cc(-c2cc3ccccc3o2)c2ccc(C(=O)N3CCNC(=O)C3(C)C)nc21. The first kappa shape index (κ1) is 20.3. The number of carbonyl (C=O) groups excluding carboxylic acids is 2. The molecule has 1 aromatic carbocycles. The standard InChI is InChI=1S/C25H26N4O3/c1-4-12-28-15-18(21-14-16-7-5-6-8-20(16)32-21)17-9-10-19(27-22(17)28)23(30)29-13-11-26-24(31)25(29,2)3/h5-10,14-15H,4,11-13H2,1-3H3,(H,26,31). The van der Waals surface area contributed by atoms with Gasteiger partial charge in [0.1, 0.15) is 28.2 Å². The first-order valence-electron chi connectivity index (χ1n) is 11.0. The molecule has 1 aliphatic rings. The van der Waals surface area contributed by atoms with Crippen molar-refractivity contribution in [2.75, 3.05) is 13.1 Å². The number of para-hydroxylation sites is 1. The number of pyridine rings is 1. The lowest BCUT2D eigenvalue weighted by Crippen LogP contribution is -2.63. The van der Waals surface area contributed by atoms with Gasteiger partial charge in [-0.05, 0) is 44.5 Å². The van der Waals surface area contributed by atoms with E-state index in [-0.39, 0.29) is 11.8 Å². The Morgan fingerprint density at radius 1 is 1.22 bits per heavy atom. The van der Waals surface area contributed by atoms with Crippen LogP contribution in [-0.2, 0) is 11.3 Å². The minimum atomic E-state index is -0.920. The first-order valence-corrected chi connectivity index (χ1v) is 11.0. The van der Waals surface area contributed by atoms with Crippen LogP contribution in [-0.4, -0.2) is 44.9 Å². The van der Waals surface area contributed by atoms with Crippen LogP contribution in [0.4, 0.5) is 0 Å². The van der Waals surface area contributed by atoms with E-state index in [1.54, 1.807) is 24.8 Å². The quantitative estimate of drug-likeness (QED) is 0.526. The summed E-state index contributed by atoms with van der Waals surface area (Å²) in [6, 6.07) is 13.6. The Morgan fingerprint density at radius 2 is 2.03 bits per heavy atom. The van der Waals surface area contributed by atoms with Crippen LogP contribution in [0.1, 0.15) is 37.7 Å². The van der Waals surface area contributed by atoms with Crippen LogP contribution in [0.3, 0.4) is 0 Å². The van der Waals surface area contributed by atoms with Gasteiger partial charge in [-0.2, -0.15) is 0 Å². The van der Waals surface area contributed by atoms with Gasteiger partial charge in [-0.25, -0.2) is 4.98 Å². The molecular formula is C25H26N4O3. The molecule has 4 heterocycles. The monoisotopic (exact) mass is 430 g/mol. The van der Waals surface area contributed by atoms with Crippen molar-refractivity contribution in [1.82, 2.24) is 19.8 Å². The predicted octanol–water partition coefficient (Wildman–Crippen LogP) is 4.21. The number of fused-ring (bicyclic) bond motifs is 2. The summed E-state index contributed by atoms with van der Waals surface area (Å²) in [6.45, 7) is 7.31. The summed E-state index contributed by atoms with van der Waals surface area (Å²) in [7, 11) is 0. The highest BCUT2D eigenvalue weighted by Crippen LogP contribution is 2.34. The van der Waals surface area contributed by atoms with Crippen LogP contribution in [0, 0.1) is 0 Å². The Kier molecular flexibility index (Phi) is 4.77. The fourth-order valence-electron chi connectivity index (χ4n) is 4.40. The van der Waals surface area contributed by atoms with Crippen LogP contribution in [0.5, 0.6) is 0 Å². The van der Waals surface area contributed by atoms with E-state index in [1.165, 1.54) is 0 Å². The van der Waals surface area contributed by atoms with Gasteiger partial charge in [-0.15, -0.1) is 0 Å². The number of nitrogens with zero attached hydrogens (tertiary/aromatic N) is 3. The van der Waals surface area contributed by atoms with Gasteiger partial charge >= 0.3 is 0 Å². The van der Waals surface area contributed by atoms with Crippen LogP contribution in [0.25, 0.3) is 33.3 Å². The molecule has 0 radical (unpaired) electrons. The number of piperazine rings is 1. The summed E-state index contributed by atoms with van der Waals surface area (Å²) in [5, 5.41) is 4.81. The maximum atomic E-state index is 13.3. The number of hydrogen-bond acceptors (Lipinski definition) is 4. The van der Waals surface area contributed by atoms with Gasteiger partial charge in [0.05, 0.1) is 0 Å². The number of carbonyl (C=O) groups is 2. The maximum absolute atomic E-state index is 13.3. The molecule has 3 aromatic heterocycles. The van der Waals surface area contributed by atoms with Crippen LogP contribution in [0.15, 0.2) is 53.1 Å². The molecule has 0 aliphatic carbocycles. The number of hydrogen-bond donors (Lipinski definition) is 1. The smallest absolute Gasteiger partial charge is 0.273 e. The van der Waals surface area contributed by atoms with E-state index in [9.17, 15) is 9.59 Å². The van der Waals surface area contributed by atoms with Gasteiger partial charge in [0.25, 0.3) is 5.91 Å². The van der Waals surface area contributed by atoms with Crippen molar-refractivity contribution < 1.29 is 14.0 Å². The second-order valence-corrected chi connectivity index (χ2v) is 8.72. The van der Waals surface area contributed by atoms with Gasteiger partial charge in [0.2, 0.25) is 5.91 Å². The highest BCUT2D eigenvalue weighted by Gasteiger charge is 2.41. The van der Waals surface area contributed by atoms with E-state index in [0.717, 1.165) is 46.3 Å². The first-order chi connectivity index (χ1) is 15.4. The zero-order valence-electron chi connectivity index (χ0n) is 18.5. The Morgan fingerprint density at radius 3 is 2.81 bits per heavy atom. The van der Waals surface area contributed by atoms with Gasteiger partial charge in [0, 0.05) is 42.2 Å². The zero-order valence-corrected chi connectivity index (χ0v) is 18.5. The molecule has 1 N–H and O–H groups in total. The Labute approximate surface area is 186 Å². The molecule has 0 spiro atoms. The topological polar surface area (TPSA) is 80.4 Å². The minimum absolute atomic E-state index is 0.153. The molecule has 32 heavy (non-hydrogen) atoms. The van der Waals surface area contributed by atoms with Gasteiger partial charge in [-0.1, -0.05) is 25.1 Å². The summed E-state index contributed by atoms with van der Waals surface area (Å²) < 4.78 is 8.18. The number of rotatable bonds is 4. The molecule has 1 fully saturated rings. The molecule has 0 bridgehead atoms. The highest BCUT2D eigenvalue weighted by molar-refractivity contribution is 6.01. The maximum Gasteiger partial charge on any atom is 0.273 e. The number of aromatic nitrogens is 2. The van der Waals surface area contributed by atoms with Crippen molar-refractivity contribution in [2.45, 2.75) is 39.3 Å². The van der Waals surface area contributed by atoms with E-state index in [4.69, 9.17) is 9.40 Å². The van der Waals surface area contributed by atoms with Crippen LogP contribution in [0.2, 0.25) is 0 Å². The molecular weight excluding hydrogens is 404 g/mol. The van der Waals surface area contributed by atoms with Crippen molar-refractivity contribution in [3.8, 4) is 11.3 Å². The van der Waals surface area contributed by atoms with E-state index < -0.39 is 5.54 Å². The number of aryl methyl sites for hydroxylation is 1. The third-order valence-electron chi connectivity index (χ3n) is 6.19. The Hall–Kier alpha value is -3.61. The summed E-state index contributed by atoms with van der Waals surface area (Å²) >= 11 is 0. The van der Waals surface area contributed by atoms with E-state index in [1.807, 2.05) is 42.6 Å². The van der Waals surface area contributed by atoms with Gasteiger partial charge in [-0.3, -0.25) is 9.59 Å². The van der Waals surface area contributed by atoms with Crippen LogP contribution >= 0.6 is 0 Å². The number of nitrogens with one attached hydrogen (secondary N) is 1.